The molecule has 0 saturated heterocycles. The SMILES string of the molecule is CC(c1ccccc1)n1c(Cc2ccncc2)nc2ccc(-c3ccc4ncccc4c3)cc21. The summed E-state index contributed by atoms with van der Waals surface area (Å²) in [4.78, 5) is 13.7. The molecule has 0 aliphatic rings. The maximum Gasteiger partial charge on any atom is 0.114 e. The third-order valence-electron chi connectivity index (χ3n) is 6.48. The first kappa shape index (κ1) is 20.3. The van der Waals surface area contributed by atoms with Crippen molar-refractivity contribution in [1.29, 1.82) is 0 Å². The van der Waals surface area contributed by atoms with Crippen LogP contribution in [0.1, 0.15) is 29.9 Å². The molecule has 0 fully saturated rings. The summed E-state index contributed by atoms with van der Waals surface area (Å²) in [6.07, 6.45) is 6.28. The summed E-state index contributed by atoms with van der Waals surface area (Å²) in [7, 11) is 0. The molecule has 0 amide bonds. The Hall–Kier alpha value is -4.31. The zero-order chi connectivity index (χ0) is 22.9. The molecule has 0 N–H and O–H groups in total. The summed E-state index contributed by atoms with van der Waals surface area (Å²) in [5, 5.41) is 1.14. The normalized spacial score (nSPS) is 12.3. The van der Waals surface area contributed by atoms with Gasteiger partial charge in [0.25, 0.3) is 0 Å². The van der Waals surface area contributed by atoms with Gasteiger partial charge in [0.2, 0.25) is 0 Å². The number of hydrogen-bond acceptors (Lipinski definition) is 3. The average molecular weight is 441 g/mol. The minimum Gasteiger partial charge on any atom is -0.320 e. The molecule has 6 aromatic rings. The molecule has 3 aromatic heterocycles. The van der Waals surface area contributed by atoms with Crippen LogP contribution in [0.15, 0.2) is 110 Å². The van der Waals surface area contributed by atoms with Gasteiger partial charge in [-0.3, -0.25) is 9.97 Å². The number of aromatic nitrogens is 4. The van der Waals surface area contributed by atoms with Crippen molar-refractivity contribution in [2.45, 2.75) is 19.4 Å². The number of hydrogen-bond donors (Lipinski definition) is 0. The lowest BCUT2D eigenvalue weighted by molar-refractivity contribution is 0.627. The van der Waals surface area contributed by atoms with Crippen molar-refractivity contribution >= 4 is 21.9 Å². The van der Waals surface area contributed by atoms with Gasteiger partial charge in [0, 0.05) is 30.4 Å². The van der Waals surface area contributed by atoms with Crippen molar-refractivity contribution in [3.63, 3.8) is 0 Å². The van der Waals surface area contributed by atoms with Gasteiger partial charge in [0.05, 0.1) is 22.6 Å². The van der Waals surface area contributed by atoms with Crippen LogP contribution in [0.25, 0.3) is 33.1 Å². The van der Waals surface area contributed by atoms with Crippen LogP contribution in [0.4, 0.5) is 0 Å². The highest BCUT2D eigenvalue weighted by atomic mass is 15.1. The minimum atomic E-state index is 0.152. The van der Waals surface area contributed by atoms with Crippen LogP contribution < -0.4 is 0 Å². The fourth-order valence-corrected chi connectivity index (χ4v) is 4.70. The fourth-order valence-electron chi connectivity index (χ4n) is 4.70. The van der Waals surface area contributed by atoms with Gasteiger partial charge in [-0.2, -0.15) is 0 Å². The number of fused-ring (bicyclic) bond motifs is 2. The predicted octanol–water partition coefficient (Wildman–Crippen LogP) is 6.85. The molecule has 0 spiro atoms. The molecular weight excluding hydrogens is 416 g/mol. The monoisotopic (exact) mass is 440 g/mol. The Morgan fingerprint density at radius 2 is 1.50 bits per heavy atom. The summed E-state index contributed by atoms with van der Waals surface area (Å²) in [5.74, 6) is 1.05. The number of benzene rings is 3. The van der Waals surface area contributed by atoms with E-state index in [4.69, 9.17) is 4.98 Å². The van der Waals surface area contributed by atoms with E-state index in [0.717, 1.165) is 34.2 Å². The van der Waals surface area contributed by atoms with Crippen molar-refractivity contribution < 1.29 is 0 Å². The van der Waals surface area contributed by atoms with Crippen LogP contribution in [0, 0.1) is 0 Å². The lowest BCUT2D eigenvalue weighted by atomic mass is 10.0. The van der Waals surface area contributed by atoms with E-state index in [1.54, 1.807) is 0 Å². The number of pyridine rings is 2. The molecule has 1 unspecified atom stereocenters. The minimum absolute atomic E-state index is 0.152. The molecule has 34 heavy (non-hydrogen) atoms. The molecule has 4 heteroatoms. The highest BCUT2D eigenvalue weighted by Crippen LogP contribution is 2.31. The van der Waals surface area contributed by atoms with Crippen molar-refractivity contribution in [3.8, 4) is 11.1 Å². The summed E-state index contributed by atoms with van der Waals surface area (Å²) in [6, 6.07) is 32.0. The molecule has 0 saturated carbocycles. The maximum atomic E-state index is 5.07. The van der Waals surface area contributed by atoms with E-state index in [1.165, 1.54) is 22.3 Å². The van der Waals surface area contributed by atoms with Crippen LogP contribution >= 0.6 is 0 Å². The second-order valence-electron chi connectivity index (χ2n) is 8.63. The number of nitrogens with zero attached hydrogens (tertiary/aromatic N) is 4. The molecule has 0 bridgehead atoms. The summed E-state index contributed by atoms with van der Waals surface area (Å²) < 4.78 is 2.39. The Kier molecular flexibility index (Phi) is 5.11. The van der Waals surface area contributed by atoms with E-state index in [0.29, 0.717) is 0 Å². The Morgan fingerprint density at radius 3 is 2.32 bits per heavy atom. The zero-order valence-corrected chi connectivity index (χ0v) is 19.0. The Labute approximate surface area is 198 Å². The molecule has 0 aliphatic carbocycles. The number of rotatable bonds is 5. The fraction of sp³-hybridized carbons (Fsp3) is 0.100. The van der Waals surface area contributed by atoms with Gasteiger partial charge >= 0.3 is 0 Å². The van der Waals surface area contributed by atoms with Gasteiger partial charge in [0.1, 0.15) is 5.82 Å². The number of imidazole rings is 1. The van der Waals surface area contributed by atoms with Gasteiger partial charge in [-0.1, -0.05) is 48.5 Å². The largest absolute Gasteiger partial charge is 0.320 e. The first-order valence-electron chi connectivity index (χ1n) is 11.6. The van der Waals surface area contributed by atoms with Gasteiger partial charge < -0.3 is 4.57 Å². The smallest absolute Gasteiger partial charge is 0.114 e. The van der Waals surface area contributed by atoms with E-state index in [-0.39, 0.29) is 6.04 Å². The topological polar surface area (TPSA) is 43.6 Å². The van der Waals surface area contributed by atoms with Crippen LogP contribution in [-0.4, -0.2) is 19.5 Å². The third-order valence-corrected chi connectivity index (χ3v) is 6.48. The van der Waals surface area contributed by atoms with Crippen molar-refractivity contribution in [2.24, 2.45) is 0 Å². The molecule has 164 valence electrons. The van der Waals surface area contributed by atoms with Gasteiger partial charge in [-0.05, 0) is 71.6 Å². The first-order valence-corrected chi connectivity index (χ1v) is 11.6. The second-order valence-corrected chi connectivity index (χ2v) is 8.63. The van der Waals surface area contributed by atoms with Gasteiger partial charge in [0.15, 0.2) is 0 Å². The maximum absolute atomic E-state index is 5.07. The highest BCUT2D eigenvalue weighted by Gasteiger charge is 2.18. The predicted molar refractivity (Wildman–Crippen MR) is 138 cm³/mol. The Bertz CT molecular complexity index is 1590. The van der Waals surface area contributed by atoms with Crippen molar-refractivity contribution in [1.82, 2.24) is 19.5 Å². The van der Waals surface area contributed by atoms with Crippen LogP contribution in [0.5, 0.6) is 0 Å². The molecular formula is C30H24N4. The van der Waals surface area contributed by atoms with Crippen LogP contribution in [0.2, 0.25) is 0 Å². The Balaban J connectivity index is 1.51. The van der Waals surface area contributed by atoms with E-state index < -0.39 is 0 Å². The molecule has 3 aromatic carbocycles. The molecule has 1 atom stereocenters. The van der Waals surface area contributed by atoms with Crippen molar-refractivity contribution in [3.05, 3.63) is 127 Å². The highest BCUT2D eigenvalue weighted by molar-refractivity contribution is 5.88. The van der Waals surface area contributed by atoms with E-state index in [2.05, 4.69) is 106 Å². The van der Waals surface area contributed by atoms with Gasteiger partial charge in [-0.15, -0.1) is 0 Å². The van der Waals surface area contributed by atoms with E-state index >= 15 is 0 Å². The molecule has 0 radical (unpaired) electrons. The second kappa shape index (κ2) is 8.56. The van der Waals surface area contributed by atoms with Crippen LogP contribution in [0.3, 0.4) is 0 Å². The molecule has 4 nitrogen and oxygen atoms in total. The lowest BCUT2D eigenvalue weighted by Crippen LogP contribution is -2.11. The average Bonchev–Trinajstić information content (AvgIpc) is 3.26. The standard InChI is InChI=1S/C30H24N4/c1-21(23-6-3-2-4-7-23)34-29-20-25(24-9-11-27-26(19-24)8-5-15-32-27)10-12-28(29)33-30(34)18-22-13-16-31-17-14-22/h2-17,19-21H,18H2,1H3. The summed E-state index contributed by atoms with van der Waals surface area (Å²) in [5.41, 5.74) is 7.99. The van der Waals surface area contributed by atoms with Gasteiger partial charge in [-0.25, -0.2) is 4.98 Å². The zero-order valence-electron chi connectivity index (χ0n) is 19.0. The summed E-state index contributed by atoms with van der Waals surface area (Å²) in [6.45, 7) is 2.25. The quantitative estimate of drug-likeness (QED) is 0.294. The first-order chi connectivity index (χ1) is 16.8. The van der Waals surface area contributed by atoms with Crippen LogP contribution in [-0.2, 0) is 6.42 Å². The van der Waals surface area contributed by atoms with Crippen molar-refractivity contribution in [2.75, 3.05) is 0 Å². The molecule has 0 aliphatic heterocycles. The third kappa shape index (κ3) is 3.73. The van der Waals surface area contributed by atoms with E-state index in [9.17, 15) is 0 Å². The molecule has 3 heterocycles. The van der Waals surface area contributed by atoms with E-state index in [1.807, 2.05) is 24.7 Å². The summed E-state index contributed by atoms with van der Waals surface area (Å²) >= 11 is 0. The Morgan fingerprint density at radius 1 is 0.735 bits per heavy atom. The molecule has 6 rings (SSSR count). The lowest BCUT2D eigenvalue weighted by Gasteiger charge is -2.19.